The van der Waals surface area contributed by atoms with E-state index < -0.39 is 0 Å². The van der Waals surface area contributed by atoms with Crippen molar-refractivity contribution in [3.63, 3.8) is 0 Å². The topological polar surface area (TPSA) is 47.6 Å². The molecule has 0 atom stereocenters. The van der Waals surface area contributed by atoms with Crippen molar-refractivity contribution in [3.8, 4) is 10.8 Å². The summed E-state index contributed by atoms with van der Waals surface area (Å²) in [6, 6.07) is 0. The van der Waals surface area contributed by atoms with Gasteiger partial charge in [-0.05, 0) is 0 Å². The summed E-state index contributed by atoms with van der Waals surface area (Å²) in [6.45, 7) is 0. The van der Waals surface area contributed by atoms with Crippen LogP contribution in [-0.4, -0.2) is 51.4 Å². The van der Waals surface area contributed by atoms with E-state index in [1.54, 1.807) is 0 Å². The third kappa shape index (κ3) is 10.6. The molecule has 2 nitrogen and oxygen atoms in total. The maximum atomic E-state index is 7.86. The Hall–Kier alpha value is 1.67. The molecule has 0 bridgehead atoms. The Kier molecular flexibility index (Phi) is 17.7. The predicted octanol–water partition coefficient (Wildman–Crippen LogP) is 1.60. The molecule has 0 heterocycles. The van der Waals surface area contributed by atoms with E-state index in [2.05, 4.69) is 0 Å². The van der Waals surface area contributed by atoms with Crippen molar-refractivity contribution in [2.45, 2.75) is 0 Å². The smallest absolute Gasteiger partial charge is 0.145 e. The van der Waals surface area contributed by atoms with Crippen LogP contribution in [-0.2, 0) is 0 Å². The summed E-state index contributed by atoms with van der Waals surface area (Å²) < 4.78 is 0. The molecular formula is C2KN2S3. The first-order chi connectivity index (χ1) is 3.41. The normalized spacial score (nSPS) is 5.75. The molecule has 0 saturated carbocycles. The number of hydrogen-bond acceptors (Lipinski definition) is 5. The molecule has 0 saturated heterocycles. The maximum Gasteiger partial charge on any atom is 0.145 e. The molecule has 0 spiro atoms. The Morgan fingerprint density at radius 3 is 1.62 bits per heavy atom. The van der Waals surface area contributed by atoms with Gasteiger partial charge in [-0.2, -0.15) is 10.5 Å². The second-order valence-corrected chi connectivity index (χ2v) is 3.88. The van der Waals surface area contributed by atoms with E-state index in [0.717, 1.165) is 31.4 Å². The Morgan fingerprint density at radius 2 is 1.38 bits per heavy atom. The second-order valence-electron chi connectivity index (χ2n) is 0.417. The molecule has 0 aromatic rings. The summed E-state index contributed by atoms with van der Waals surface area (Å²) in [5.41, 5.74) is 0. The van der Waals surface area contributed by atoms with Crippen molar-refractivity contribution in [1.82, 2.24) is 0 Å². The molecule has 0 rings (SSSR count). The van der Waals surface area contributed by atoms with Gasteiger partial charge in [0, 0.05) is 82.8 Å². The van der Waals surface area contributed by atoms with Gasteiger partial charge >= 0.3 is 0 Å². The van der Waals surface area contributed by atoms with Crippen LogP contribution >= 0.6 is 31.4 Å². The van der Waals surface area contributed by atoms with Gasteiger partial charge in [0.2, 0.25) is 0 Å². The van der Waals surface area contributed by atoms with E-state index in [1.165, 1.54) is 0 Å². The van der Waals surface area contributed by atoms with Crippen LogP contribution in [0.3, 0.4) is 0 Å². The summed E-state index contributed by atoms with van der Waals surface area (Å²) >= 11 is 0. The molecule has 0 fully saturated rings. The second kappa shape index (κ2) is 11.5. The summed E-state index contributed by atoms with van der Waals surface area (Å²) in [5, 5.41) is 19.3. The number of nitriles is 2. The number of nitrogens with zero attached hydrogens (tertiary/aromatic N) is 2. The molecule has 6 heteroatoms. The molecule has 0 unspecified atom stereocenters. The zero-order chi connectivity index (χ0) is 5.54. The minimum atomic E-state index is 0. The van der Waals surface area contributed by atoms with Gasteiger partial charge in [0.25, 0.3) is 0 Å². The minimum absolute atomic E-state index is 0. The predicted molar refractivity (Wildman–Crippen MR) is 39.8 cm³/mol. The fourth-order valence-corrected chi connectivity index (χ4v) is 1.28. The third-order valence-electron chi connectivity index (χ3n) is 0.143. The summed E-state index contributed by atoms with van der Waals surface area (Å²) in [7, 11) is 3.16. The van der Waals surface area contributed by atoms with Crippen LogP contribution in [0.4, 0.5) is 0 Å². The SMILES string of the molecule is N#CSSSC#N.[K]. The Labute approximate surface area is 102 Å². The van der Waals surface area contributed by atoms with Gasteiger partial charge < -0.3 is 0 Å². The first kappa shape index (κ1) is 12.4. The minimum Gasteiger partial charge on any atom is -0.184 e. The van der Waals surface area contributed by atoms with Crippen molar-refractivity contribution >= 4 is 82.8 Å². The largest absolute Gasteiger partial charge is 0.184 e. The van der Waals surface area contributed by atoms with E-state index in [1.807, 2.05) is 10.8 Å². The zero-order valence-corrected chi connectivity index (χ0v) is 9.69. The number of thiocyanates is 2. The Morgan fingerprint density at radius 1 is 1.00 bits per heavy atom. The molecule has 1 radical (unpaired) electrons. The van der Waals surface area contributed by atoms with E-state index in [4.69, 9.17) is 10.5 Å². The van der Waals surface area contributed by atoms with Gasteiger partial charge in [0.15, 0.2) is 0 Å². The van der Waals surface area contributed by atoms with Gasteiger partial charge in [0.05, 0.1) is 0 Å². The first-order valence-electron chi connectivity index (χ1n) is 1.19. The Bertz CT molecular complexity index is 99.4. The summed E-state index contributed by atoms with van der Waals surface area (Å²) in [5.74, 6) is 0. The molecule has 0 aliphatic carbocycles. The fraction of sp³-hybridized carbons (Fsp3) is 0. The van der Waals surface area contributed by atoms with Crippen LogP contribution in [0.1, 0.15) is 0 Å². The molecular weight excluding hydrogens is 187 g/mol. The van der Waals surface area contributed by atoms with Crippen LogP contribution in [0.2, 0.25) is 0 Å². The molecule has 37 valence electrons. The van der Waals surface area contributed by atoms with Crippen molar-refractivity contribution < 1.29 is 0 Å². The summed E-state index contributed by atoms with van der Waals surface area (Å²) in [6.07, 6.45) is 0. The van der Waals surface area contributed by atoms with Crippen molar-refractivity contribution in [1.29, 1.82) is 10.5 Å². The van der Waals surface area contributed by atoms with Crippen LogP contribution in [0.5, 0.6) is 0 Å². The standard InChI is InChI=1S/C2N2S3.K/c3-1-5-7-6-2-4;. The molecule has 0 aliphatic heterocycles. The molecule has 0 aromatic heterocycles. The van der Waals surface area contributed by atoms with Gasteiger partial charge in [-0.3, -0.25) is 0 Å². The van der Waals surface area contributed by atoms with Crippen LogP contribution in [0.15, 0.2) is 0 Å². The molecule has 0 amide bonds. The van der Waals surface area contributed by atoms with Gasteiger partial charge in [0.1, 0.15) is 10.8 Å². The van der Waals surface area contributed by atoms with E-state index in [0.29, 0.717) is 0 Å². The van der Waals surface area contributed by atoms with Crippen molar-refractivity contribution in [3.05, 3.63) is 0 Å². The Balaban J connectivity index is 0. The third-order valence-corrected chi connectivity index (χ3v) is 2.51. The fourth-order valence-electron chi connectivity index (χ4n) is 0.0474. The molecule has 0 N–H and O–H groups in total. The van der Waals surface area contributed by atoms with E-state index >= 15 is 0 Å². The monoisotopic (exact) mass is 187 g/mol. The number of rotatable bonds is 2. The van der Waals surface area contributed by atoms with Crippen molar-refractivity contribution in [2.75, 3.05) is 0 Å². The average Bonchev–Trinajstić information content (AvgIpc) is 1.69. The van der Waals surface area contributed by atoms with Crippen LogP contribution < -0.4 is 0 Å². The summed E-state index contributed by atoms with van der Waals surface area (Å²) in [4.78, 5) is 0. The van der Waals surface area contributed by atoms with Gasteiger partial charge in [-0.1, -0.05) is 0 Å². The molecule has 8 heavy (non-hydrogen) atoms. The average molecular weight is 187 g/mol. The van der Waals surface area contributed by atoms with E-state index in [-0.39, 0.29) is 51.4 Å². The van der Waals surface area contributed by atoms with Gasteiger partial charge in [-0.15, -0.1) is 0 Å². The quantitative estimate of drug-likeness (QED) is 0.284. The van der Waals surface area contributed by atoms with Gasteiger partial charge in [-0.25, -0.2) is 0 Å². The molecule has 0 aromatic carbocycles. The molecule has 0 aliphatic rings. The van der Waals surface area contributed by atoms with E-state index in [9.17, 15) is 0 Å². The van der Waals surface area contributed by atoms with Crippen LogP contribution in [0, 0.1) is 21.3 Å². The maximum absolute atomic E-state index is 7.86. The first-order valence-corrected chi connectivity index (χ1v) is 4.67. The van der Waals surface area contributed by atoms with Crippen LogP contribution in [0.25, 0.3) is 0 Å². The number of hydrogen-bond donors (Lipinski definition) is 0. The zero-order valence-electron chi connectivity index (χ0n) is 4.12. The van der Waals surface area contributed by atoms with Crippen molar-refractivity contribution in [2.24, 2.45) is 0 Å².